The molecule has 2 rings (SSSR count). The highest BCUT2D eigenvalue weighted by molar-refractivity contribution is 7.99. The van der Waals surface area contributed by atoms with E-state index in [0.717, 1.165) is 11.8 Å². The quantitative estimate of drug-likeness (QED) is 0.123. The number of halogens is 6. The number of hydrogen-bond donors (Lipinski definition) is 6. The van der Waals surface area contributed by atoms with Crippen LogP contribution >= 0.6 is 23.4 Å². The fourth-order valence-corrected chi connectivity index (χ4v) is 5.46. The van der Waals surface area contributed by atoms with Gasteiger partial charge in [0, 0.05) is 0 Å². The van der Waals surface area contributed by atoms with E-state index in [1.807, 2.05) is 0 Å². The number of rotatable bonds is 11. The van der Waals surface area contributed by atoms with Crippen LogP contribution < -0.4 is 16.0 Å². The van der Waals surface area contributed by atoms with Gasteiger partial charge in [-0.2, -0.15) is 22.0 Å². The van der Waals surface area contributed by atoms with Gasteiger partial charge < -0.3 is 36.0 Å². The Kier molecular flexibility index (Phi) is 12.6. The van der Waals surface area contributed by atoms with E-state index in [0.29, 0.717) is 38.6 Å². The standard InChI is InChI=1S/C22H37ClF5N3O5S/c1-11(23)14(18-16(33)15(32)17(34)20(36-18)37-2)31-19(35)13-6-5-12(7-9-30-13)4-3-8-29-10-21(24,25)22(26,27)28/h11-18,20,29-30,32-34H,3-10H2,1-2H3,(H,31,35)/t11-,12-,13-,14+,15?,16?,17+,18+,20?/m0/s1. The van der Waals surface area contributed by atoms with Gasteiger partial charge in [0.05, 0.1) is 24.0 Å². The molecule has 0 aliphatic carbocycles. The van der Waals surface area contributed by atoms with E-state index in [-0.39, 0.29) is 18.4 Å². The minimum Gasteiger partial charge on any atom is -0.388 e. The van der Waals surface area contributed by atoms with Crippen molar-refractivity contribution in [2.75, 3.05) is 25.9 Å². The highest BCUT2D eigenvalue weighted by Gasteiger charge is 2.56. The SMILES string of the molecule is CSC1O[C@H]([C@H](NC(=O)[C@@H]2CC[C@H](CCCNCC(F)(F)C(F)(F)F)CCN2)[C@H](C)Cl)C(O)C(O)[C@H]1O. The summed E-state index contributed by atoms with van der Waals surface area (Å²) in [5.41, 5.74) is -0.816. The van der Waals surface area contributed by atoms with E-state index >= 15 is 0 Å². The number of aliphatic hydroxyl groups excluding tert-OH is 3. The van der Waals surface area contributed by atoms with E-state index in [4.69, 9.17) is 16.3 Å². The van der Waals surface area contributed by atoms with Crippen LogP contribution in [0.15, 0.2) is 0 Å². The number of nitrogens with one attached hydrogen (secondary N) is 3. The van der Waals surface area contributed by atoms with E-state index in [2.05, 4.69) is 16.0 Å². The Hall–Kier alpha value is -0.480. The molecule has 0 aromatic carbocycles. The van der Waals surface area contributed by atoms with Crippen LogP contribution in [-0.2, 0) is 9.53 Å². The first kappa shape index (κ1) is 32.7. The van der Waals surface area contributed by atoms with Crippen LogP contribution in [0.2, 0.25) is 0 Å². The van der Waals surface area contributed by atoms with Gasteiger partial charge >= 0.3 is 12.1 Å². The Morgan fingerprint density at radius 3 is 2.41 bits per heavy atom. The number of ether oxygens (including phenoxy) is 1. The molecule has 2 aliphatic rings. The van der Waals surface area contributed by atoms with Crippen LogP contribution in [0.1, 0.15) is 39.0 Å². The summed E-state index contributed by atoms with van der Waals surface area (Å²) in [5, 5.41) is 38.2. The molecule has 3 unspecified atom stereocenters. The zero-order valence-corrected chi connectivity index (χ0v) is 22.3. The predicted octanol–water partition coefficient (Wildman–Crippen LogP) is 1.59. The molecule has 218 valence electrons. The number of hydrogen-bond acceptors (Lipinski definition) is 8. The van der Waals surface area contributed by atoms with Crippen LogP contribution in [0.4, 0.5) is 22.0 Å². The minimum atomic E-state index is -5.58. The van der Waals surface area contributed by atoms with Crippen molar-refractivity contribution >= 4 is 29.3 Å². The molecule has 0 spiro atoms. The molecule has 2 aliphatic heterocycles. The van der Waals surface area contributed by atoms with Crippen LogP contribution in [0.5, 0.6) is 0 Å². The maximum absolute atomic E-state index is 13.0. The zero-order chi connectivity index (χ0) is 28.0. The molecule has 1 amide bonds. The molecule has 0 aromatic rings. The Morgan fingerprint density at radius 1 is 1.14 bits per heavy atom. The maximum Gasteiger partial charge on any atom is 0.454 e. The van der Waals surface area contributed by atoms with Crippen molar-refractivity contribution in [3.63, 3.8) is 0 Å². The number of carbonyl (C=O) groups excluding carboxylic acids is 1. The molecule has 6 N–H and O–H groups in total. The molecule has 2 saturated heterocycles. The lowest BCUT2D eigenvalue weighted by atomic mass is 9.92. The smallest absolute Gasteiger partial charge is 0.388 e. The molecule has 2 fully saturated rings. The fourth-order valence-electron chi connectivity index (χ4n) is 4.57. The van der Waals surface area contributed by atoms with Crippen molar-refractivity contribution in [3.05, 3.63) is 0 Å². The van der Waals surface area contributed by atoms with Crippen molar-refractivity contribution < 1.29 is 46.8 Å². The Morgan fingerprint density at radius 2 is 1.81 bits per heavy atom. The lowest BCUT2D eigenvalue weighted by molar-refractivity contribution is -0.279. The van der Waals surface area contributed by atoms with E-state index in [1.165, 1.54) is 0 Å². The topological polar surface area (TPSA) is 123 Å². The van der Waals surface area contributed by atoms with Gasteiger partial charge in [-0.3, -0.25) is 4.79 Å². The molecule has 0 saturated carbocycles. The van der Waals surface area contributed by atoms with Gasteiger partial charge in [0.25, 0.3) is 0 Å². The number of carbonyl (C=O) groups is 1. The maximum atomic E-state index is 13.0. The monoisotopic (exact) mass is 585 g/mol. The number of alkyl halides is 6. The molecule has 0 aromatic heterocycles. The van der Waals surface area contributed by atoms with Gasteiger partial charge in [-0.25, -0.2) is 0 Å². The van der Waals surface area contributed by atoms with E-state index < -0.39 is 66.0 Å². The molecule has 2 heterocycles. The first-order valence-corrected chi connectivity index (χ1v) is 14.0. The second kappa shape index (κ2) is 14.2. The van der Waals surface area contributed by atoms with Gasteiger partial charge in [-0.05, 0) is 64.3 Å². The Labute approximate surface area is 222 Å². The van der Waals surface area contributed by atoms with Crippen LogP contribution in [0.3, 0.4) is 0 Å². The highest BCUT2D eigenvalue weighted by atomic mass is 35.5. The van der Waals surface area contributed by atoms with Gasteiger partial charge in [0.15, 0.2) is 0 Å². The summed E-state index contributed by atoms with van der Waals surface area (Å²) in [4.78, 5) is 13.0. The van der Waals surface area contributed by atoms with Crippen molar-refractivity contribution in [3.8, 4) is 0 Å². The first-order valence-electron chi connectivity index (χ1n) is 12.2. The molecule has 0 bridgehead atoms. The van der Waals surface area contributed by atoms with E-state index in [1.54, 1.807) is 13.2 Å². The first-order chi connectivity index (χ1) is 17.2. The second-order valence-corrected chi connectivity index (χ2v) is 11.3. The number of thioether (sulfide) groups is 1. The average molecular weight is 586 g/mol. The summed E-state index contributed by atoms with van der Waals surface area (Å²) >= 11 is 7.45. The summed E-state index contributed by atoms with van der Waals surface area (Å²) in [7, 11) is 0. The molecule has 15 heteroatoms. The fraction of sp³-hybridized carbons (Fsp3) is 0.955. The summed E-state index contributed by atoms with van der Waals surface area (Å²) < 4.78 is 68.3. The Balaban J connectivity index is 1.84. The average Bonchev–Trinajstić information content (AvgIpc) is 3.06. The summed E-state index contributed by atoms with van der Waals surface area (Å²) in [6, 6.07) is -1.43. The summed E-state index contributed by atoms with van der Waals surface area (Å²) in [5.74, 6) is -4.97. The second-order valence-electron chi connectivity index (χ2n) is 9.65. The third kappa shape index (κ3) is 9.02. The zero-order valence-electron chi connectivity index (χ0n) is 20.7. The van der Waals surface area contributed by atoms with Crippen molar-refractivity contribution in [1.82, 2.24) is 16.0 Å². The van der Waals surface area contributed by atoms with Crippen LogP contribution in [-0.4, -0.2) is 107 Å². The van der Waals surface area contributed by atoms with Gasteiger partial charge in [-0.1, -0.05) is 0 Å². The van der Waals surface area contributed by atoms with Crippen LogP contribution in [0, 0.1) is 5.92 Å². The molecular weight excluding hydrogens is 549 g/mol. The molecule has 0 radical (unpaired) electrons. The molecule has 9 atom stereocenters. The van der Waals surface area contributed by atoms with E-state index in [9.17, 15) is 42.1 Å². The lowest BCUT2D eigenvalue weighted by Gasteiger charge is -2.44. The number of amides is 1. The Bertz CT molecular complexity index is 725. The highest BCUT2D eigenvalue weighted by Crippen LogP contribution is 2.34. The summed E-state index contributed by atoms with van der Waals surface area (Å²) in [6.45, 7) is 0.684. The summed E-state index contributed by atoms with van der Waals surface area (Å²) in [6.07, 6.45) is -6.37. The molecular formula is C22H37ClF5N3O5S. The van der Waals surface area contributed by atoms with Crippen molar-refractivity contribution in [2.24, 2.45) is 5.92 Å². The van der Waals surface area contributed by atoms with Crippen molar-refractivity contribution in [1.29, 1.82) is 0 Å². The third-order valence-corrected chi connectivity index (χ3v) is 7.97. The number of aliphatic hydroxyl groups is 3. The van der Waals surface area contributed by atoms with Crippen molar-refractivity contribution in [2.45, 2.75) is 98.4 Å². The molecule has 8 nitrogen and oxygen atoms in total. The van der Waals surface area contributed by atoms with Crippen LogP contribution in [0.25, 0.3) is 0 Å². The van der Waals surface area contributed by atoms with Gasteiger partial charge in [0.2, 0.25) is 5.91 Å². The van der Waals surface area contributed by atoms with Gasteiger partial charge in [0.1, 0.15) is 29.9 Å². The third-order valence-electron chi connectivity index (χ3n) is 6.85. The minimum absolute atomic E-state index is 0.0239. The molecule has 37 heavy (non-hydrogen) atoms. The predicted molar refractivity (Wildman–Crippen MR) is 130 cm³/mol. The lowest BCUT2D eigenvalue weighted by Crippen LogP contribution is -2.65. The largest absolute Gasteiger partial charge is 0.454 e. The normalized spacial score (nSPS) is 33.4. The van der Waals surface area contributed by atoms with Gasteiger partial charge in [-0.15, -0.1) is 23.4 Å².